The summed E-state index contributed by atoms with van der Waals surface area (Å²) in [6, 6.07) is 9.27. The molecule has 1 aliphatic carbocycles. The van der Waals surface area contributed by atoms with Crippen molar-refractivity contribution >= 4 is 15.9 Å². The molecule has 1 aromatic rings. The number of hydrogen-bond donors (Lipinski definition) is 0. The van der Waals surface area contributed by atoms with Gasteiger partial charge in [-0.3, -0.25) is 0 Å². The number of hydrogen-bond acceptors (Lipinski definition) is 1. The van der Waals surface area contributed by atoms with Gasteiger partial charge in [-0.1, -0.05) is 18.2 Å². The van der Waals surface area contributed by atoms with Gasteiger partial charge in [0, 0.05) is 6.42 Å². The molecule has 1 aromatic carbocycles. The van der Waals surface area contributed by atoms with Gasteiger partial charge in [0.25, 0.3) is 0 Å². The third kappa shape index (κ3) is 1.61. The lowest BCUT2D eigenvalue weighted by Crippen LogP contribution is -2.05. The van der Waals surface area contributed by atoms with Gasteiger partial charge in [0.1, 0.15) is 11.9 Å². The largest absolute Gasteiger partial charge is 0.486 e. The van der Waals surface area contributed by atoms with E-state index in [1.165, 1.54) is 0 Å². The fourth-order valence-electron chi connectivity index (χ4n) is 0.979. The van der Waals surface area contributed by atoms with Crippen LogP contribution in [0.4, 0.5) is 4.39 Å². The topological polar surface area (TPSA) is 9.23 Å². The van der Waals surface area contributed by atoms with E-state index in [1.54, 1.807) is 0 Å². The predicted octanol–water partition coefficient (Wildman–Crippen LogP) is 2.90. The van der Waals surface area contributed by atoms with Crippen LogP contribution in [0.3, 0.4) is 0 Å². The number of ether oxygens (including phenoxy) is 1. The van der Waals surface area contributed by atoms with Crippen LogP contribution in [-0.2, 0) is 0 Å². The van der Waals surface area contributed by atoms with E-state index in [-0.39, 0.29) is 6.10 Å². The Morgan fingerprint density at radius 2 is 2.00 bits per heavy atom. The Hall–Kier alpha value is -0.570. The molecule has 1 fully saturated rings. The van der Waals surface area contributed by atoms with Gasteiger partial charge in [0.15, 0.2) is 0 Å². The predicted molar refractivity (Wildman–Crippen MR) is 48.2 cm³/mol. The fourth-order valence-corrected chi connectivity index (χ4v) is 1.37. The Balaban J connectivity index is 1.98. The first kappa shape index (κ1) is 8.05. The molecule has 64 valence electrons. The normalized spacial score (nSPS) is 33.0. The second kappa shape index (κ2) is 2.73. The maximum absolute atomic E-state index is 12.9. The molecule has 0 spiro atoms. The first-order valence-electron chi connectivity index (χ1n) is 3.78. The van der Waals surface area contributed by atoms with Gasteiger partial charge in [-0.15, -0.1) is 0 Å². The Morgan fingerprint density at radius 1 is 1.42 bits per heavy atom. The highest BCUT2D eigenvalue weighted by molar-refractivity contribution is 9.10. The van der Waals surface area contributed by atoms with Crippen molar-refractivity contribution in [2.45, 2.75) is 17.1 Å². The highest BCUT2D eigenvalue weighted by Gasteiger charge is 2.56. The van der Waals surface area contributed by atoms with Crippen LogP contribution in [0.15, 0.2) is 30.3 Å². The Bertz CT molecular complexity index is 273. The van der Waals surface area contributed by atoms with Crippen molar-refractivity contribution < 1.29 is 9.13 Å². The second-order valence-electron chi connectivity index (χ2n) is 2.88. The van der Waals surface area contributed by atoms with Crippen LogP contribution in [0, 0.1) is 0 Å². The number of rotatable bonds is 2. The molecular weight excluding hydrogens is 223 g/mol. The van der Waals surface area contributed by atoms with Crippen LogP contribution in [0.25, 0.3) is 0 Å². The maximum Gasteiger partial charge on any atom is 0.205 e. The monoisotopic (exact) mass is 230 g/mol. The van der Waals surface area contributed by atoms with Crippen LogP contribution >= 0.6 is 15.9 Å². The Kier molecular flexibility index (Phi) is 1.83. The minimum Gasteiger partial charge on any atom is -0.486 e. The SMILES string of the molecule is FC1(Br)CC1Oc1ccccc1. The van der Waals surface area contributed by atoms with Gasteiger partial charge < -0.3 is 4.74 Å². The summed E-state index contributed by atoms with van der Waals surface area (Å²) in [5, 5.41) is 0. The third-order valence-corrected chi connectivity index (χ3v) is 2.62. The number of halogens is 2. The molecule has 2 unspecified atom stereocenters. The minimum absolute atomic E-state index is 0.320. The highest BCUT2D eigenvalue weighted by Crippen LogP contribution is 2.48. The Labute approximate surface area is 78.7 Å². The average molecular weight is 231 g/mol. The summed E-state index contributed by atoms with van der Waals surface area (Å²) in [6.45, 7) is 0. The Morgan fingerprint density at radius 3 is 2.50 bits per heavy atom. The molecule has 3 heteroatoms. The molecule has 1 nitrogen and oxygen atoms in total. The lowest BCUT2D eigenvalue weighted by molar-refractivity contribution is 0.250. The van der Waals surface area contributed by atoms with Gasteiger partial charge in [-0.25, -0.2) is 4.39 Å². The number of para-hydroxylation sites is 1. The molecule has 0 heterocycles. The second-order valence-corrected chi connectivity index (χ2v) is 4.20. The molecule has 0 saturated heterocycles. The molecule has 0 aromatic heterocycles. The molecule has 1 saturated carbocycles. The third-order valence-electron chi connectivity index (χ3n) is 1.79. The minimum atomic E-state index is -1.29. The summed E-state index contributed by atoms with van der Waals surface area (Å²) in [5.41, 5.74) is 0. The lowest BCUT2D eigenvalue weighted by atomic mass is 10.3. The van der Waals surface area contributed by atoms with Gasteiger partial charge in [-0.2, -0.15) is 0 Å². The van der Waals surface area contributed by atoms with Crippen molar-refractivity contribution in [3.63, 3.8) is 0 Å². The van der Waals surface area contributed by atoms with E-state index >= 15 is 0 Å². The van der Waals surface area contributed by atoms with Gasteiger partial charge >= 0.3 is 0 Å². The van der Waals surface area contributed by atoms with Gasteiger partial charge in [0.2, 0.25) is 4.58 Å². The molecular formula is C9H8BrFO. The molecule has 0 amide bonds. The van der Waals surface area contributed by atoms with Crippen LogP contribution in [0.5, 0.6) is 5.75 Å². The molecule has 2 atom stereocenters. The van der Waals surface area contributed by atoms with Crippen molar-refractivity contribution in [3.05, 3.63) is 30.3 Å². The summed E-state index contributed by atoms with van der Waals surface area (Å²) < 4.78 is 17.0. The van der Waals surface area contributed by atoms with Crippen LogP contribution in [0.2, 0.25) is 0 Å². The molecule has 1 aliphatic rings. The van der Waals surface area contributed by atoms with Crippen molar-refractivity contribution in [2.75, 3.05) is 0 Å². The molecule has 0 N–H and O–H groups in total. The quantitative estimate of drug-likeness (QED) is 0.711. The molecule has 0 bridgehead atoms. The van der Waals surface area contributed by atoms with E-state index in [0.717, 1.165) is 5.75 Å². The van der Waals surface area contributed by atoms with E-state index in [1.807, 2.05) is 30.3 Å². The number of alkyl halides is 2. The van der Waals surface area contributed by atoms with Crippen molar-refractivity contribution in [3.8, 4) is 5.75 Å². The zero-order valence-corrected chi connectivity index (χ0v) is 7.92. The van der Waals surface area contributed by atoms with Gasteiger partial charge in [0.05, 0.1) is 0 Å². The fraction of sp³-hybridized carbons (Fsp3) is 0.333. The van der Waals surface area contributed by atoms with E-state index in [9.17, 15) is 4.39 Å². The van der Waals surface area contributed by atoms with E-state index in [4.69, 9.17) is 4.74 Å². The zero-order valence-electron chi connectivity index (χ0n) is 6.34. The molecule has 0 aliphatic heterocycles. The first-order chi connectivity index (χ1) is 5.68. The molecule has 2 rings (SSSR count). The highest BCUT2D eigenvalue weighted by atomic mass is 79.9. The van der Waals surface area contributed by atoms with E-state index < -0.39 is 4.58 Å². The summed E-state index contributed by atoms with van der Waals surface area (Å²) in [4.78, 5) is 0. The van der Waals surface area contributed by atoms with Crippen LogP contribution < -0.4 is 4.74 Å². The molecule has 12 heavy (non-hydrogen) atoms. The van der Waals surface area contributed by atoms with Crippen LogP contribution in [-0.4, -0.2) is 10.7 Å². The van der Waals surface area contributed by atoms with Crippen molar-refractivity contribution in [1.82, 2.24) is 0 Å². The smallest absolute Gasteiger partial charge is 0.205 e. The zero-order chi connectivity index (χ0) is 8.60. The van der Waals surface area contributed by atoms with Gasteiger partial charge in [-0.05, 0) is 28.1 Å². The average Bonchev–Trinajstić information content (AvgIpc) is 2.61. The summed E-state index contributed by atoms with van der Waals surface area (Å²) >= 11 is 2.92. The molecule has 0 radical (unpaired) electrons. The van der Waals surface area contributed by atoms with Crippen molar-refractivity contribution in [1.29, 1.82) is 0 Å². The van der Waals surface area contributed by atoms with Crippen molar-refractivity contribution in [2.24, 2.45) is 0 Å². The lowest BCUT2D eigenvalue weighted by Gasteiger charge is -2.03. The first-order valence-corrected chi connectivity index (χ1v) is 4.57. The standard InChI is InChI=1S/C9H8BrFO/c10-9(11)6-8(9)12-7-4-2-1-3-5-7/h1-5,8H,6H2. The number of benzene rings is 1. The maximum atomic E-state index is 12.9. The summed E-state index contributed by atoms with van der Waals surface area (Å²) in [6.07, 6.45) is 0.113. The summed E-state index contributed by atoms with van der Waals surface area (Å²) in [5.74, 6) is 0.724. The van der Waals surface area contributed by atoms with Crippen LogP contribution in [0.1, 0.15) is 6.42 Å². The van der Waals surface area contributed by atoms with E-state index in [0.29, 0.717) is 6.42 Å². The summed E-state index contributed by atoms with van der Waals surface area (Å²) in [7, 11) is 0. The van der Waals surface area contributed by atoms with E-state index in [2.05, 4.69) is 15.9 Å².